The van der Waals surface area contributed by atoms with Crippen LogP contribution in [0.2, 0.25) is 0 Å². The van der Waals surface area contributed by atoms with Gasteiger partial charge in [0.2, 0.25) is 0 Å². The second-order valence-corrected chi connectivity index (χ2v) is 5.22. The van der Waals surface area contributed by atoms with Crippen molar-refractivity contribution in [3.8, 4) is 11.4 Å². The normalized spacial score (nSPS) is 12.6. The molecule has 1 aromatic heterocycles. The first-order chi connectivity index (χ1) is 8.20. The van der Waals surface area contributed by atoms with Gasteiger partial charge in [0, 0.05) is 15.2 Å². The summed E-state index contributed by atoms with van der Waals surface area (Å²) in [4.78, 5) is 7.80. The Labute approximate surface area is 115 Å². The third kappa shape index (κ3) is 3.07. The summed E-state index contributed by atoms with van der Waals surface area (Å²) < 4.78 is 1.22. The molecule has 0 aliphatic rings. The Balaban J connectivity index is 2.23. The summed E-state index contributed by atoms with van der Waals surface area (Å²) >= 11 is 2.31. The van der Waals surface area contributed by atoms with Gasteiger partial charge in [0.25, 0.3) is 0 Å². The van der Waals surface area contributed by atoms with Crippen LogP contribution in [0.15, 0.2) is 30.5 Å². The first-order valence-corrected chi connectivity index (χ1v) is 6.82. The minimum absolute atomic E-state index is 0.309. The topological polar surface area (TPSA) is 40.7 Å². The Morgan fingerprint density at radius 3 is 3.00 bits per heavy atom. The maximum Gasteiger partial charge on any atom is 0.137 e. The molecule has 0 saturated carbocycles. The lowest BCUT2D eigenvalue weighted by Crippen LogP contribution is -2.17. The molecular formula is C13H16IN3. The van der Waals surface area contributed by atoms with Crippen LogP contribution in [0.3, 0.4) is 0 Å². The Kier molecular flexibility index (Phi) is 4.17. The monoisotopic (exact) mass is 341 g/mol. The maximum atomic E-state index is 4.43. The largest absolute Gasteiger partial charge is 0.341 e. The minimum Gasteiger partial charge on any atom is -0.341 e. The van der Waals surface area contributed by atoms with Crippen LogP contribution in [0, 0.1) is 3.57 Å². The molecule has 2 aromatic rings. The smallest absolute Gasteiger partial charge is 0.137 e. The number of nitrogens with one attached hydrogen (secondary N) is 2. The van der Waals surface area contributed by atoms with E-state index in [-0.39, 0.29) is 0 Å². The number of hydrogen-bond acceptors (Lipinski definition) is 2. The van der Waals surface area contributed by atoms with Crippen molar-refractivity contribution < 1.29 is 0 Å². The quantitative estimate of drug-likeness (QED) is 0.838. The summed E-state index contributed by atoms with van der Waals surface area (Å²) in [6.07, 6.45) is 1.91. The van der Waals surface area contributed by atoms with Crippen molar-refractivity contribution in [3.05, 3.63) is 39.7 Å². The SMILES string of the molecule is CCNC(C)c1cnc(-c2cccc(I)c2)[nH]1. The fourth-order valence-corrected chi connectivity index (χ4v) is 2.30. The molecule has 1 atom stereocenters. The van der Waals surface area contributed by atoms with Gasteiger partial charge in [0.15, 0.2) is 0 Å². The van der Waals surface area contributed by atoms with Gasteiger partial charge in [-0.1, -0.05) is 19.1 Å². The third-order valence-corrected chi connectivity index (χ3v) is 3.34. The van der Waals surface area contributed by atoms with Crippen LogP contribution in [-0.2, 0) is 0 Å². The second kappa shape index (κ2) is 5.64. The standard InChI is InChI=1S/C13H16IN3/c1-3-15-9(2)12-8-16-13(17-12)10-5-4-6-11(14)7-10/h4-9,15H,3H2,1-2H3,(H,16,17). The Morgan fingerprint density at radius 2 is 2.29 bits per heavy atom. The Bertz CT molecular complexity index is 493. The van der Waals surface area contributed by atoms with Crippen LogP contribution in [0.25, 0.3) is 11.4 Å². The van der Waals surface area contributed by atoms with Crippen LogP contribution in [0.5, 0.6) is 0 Å². The summed E-state index contributed by atoms with van der Waals surface area (Å²) in [6.45, 7) is 5.20. The molecule has 2 rings (SSSR count). The van der Waals surface area contributed by atoms with Crippen molar-refractivity contribution in [2.75, 3.05) is 6.54 Å². The summed E-state index contributed by atoms with van der Waals surface area (Å²) in [5.74, 6) is 0.934. The highest BCUT2D eigenvalue weighted by molar-refractivity contribution is 14.1. The van der Waals surface area contributed by atoms with E-state index < -0.39 is 0 Å². The molecule has 0 bridgehead atoms. The average molecular weight is 341 g/mol. The summed E-state index contributed by atoms with van der Waals surface area (Å²) in [6, 6.07) is 8.63. The molecule has 2 N–H and O–H groups in total. The molecule has 4 heteroatoms. The summed E-state index contributed by atoms with van der Waals surface area (Å²) in [5.41, 5.74) is 2.26. The zero-order valence-electron chi connectivity index (χ0n) is 10.00. The van der Waals surface area contributed by atoms with Crippen molar-refractivity contribution in [1.29, 1.82) is 0 Å². The van der Waals surface area contributed by atoms with Gasteiger partial charge in [0.1, 0.15) is 5.82 Å². The highest BCUT2D eigenvalue weighted by Crippen LogP contribution is 2.20. The molecule has 0 aliphatic heterocycles. The number of hydrogen-bond donors (Lipinski definition) is 2. The molecule has 0 fully saturated rings. The van der Waals surface area contributed by atoms with Gasteiger partial charge >= 0.3 is 0 Å². The van der Waals surface area contributed by atoms with Gasteiger partial charge < -0.3 is 10.3 Å². The minimum atomic E-state index is 0.309. The van der Waals surface area contributed by atoms with Crippen molar-refractivity contribution in [2.24, 2.45) is 0 Å². The highest BCUT2D eigenvalue weighted by atomic mass is 127. The van der Waals surface area contributed by atoms with E-state index in [4.69, 9.17) is 0 Å². The lowest BCUT2D eigenvalue weighted by molar-refractivity contribution is 0.586. The van der Waals surface area contributed by atoms with E-state index in [1.165, 1.54) is 3.57 Å². The van der Waals surface area contributed by atoms with E-state index >= 15 is 0 Å². The molecule has 0 aliphatic carbocycles. The van der Waals surface area contributed by atoms with Gasteiger partial charge in [-0.3, -0.25) is 0 Å². The lowest BCUT2D eigenvalue weighted by atomic mass is 10.2. The Morgan fingerprint density at radius 1 is 1.47 bits per heavy atom. The predicted octanol–water partition coefficient (Wildman–Crippen LogP) is 3.35. The molecule has 90 valence electrons. The molecule has 0 radical (unpaired) electrons. The molecule has 17 heavy (non-hydrogen) atoms. The zero-order chi connectivity index (χ0) is 12.3. The second-order valence-electron chi connectivity index (χ2n) is 3.98. The van der Waals surface area contributed by atoms with E-state index in [1.54, 1.807) is 0 Å². The van der Waals surface area contributed by atoms with E-state index in [9.17, 15) is 0 Å². The first-order valence-electron chi connectivity index (χ1n) is 5.75. The summed E-state index contributed by atoms with van der Waals surface area (Å²) in [5, 5.41) is 3.37. The van der Waals surface area contributed by atoms with Gasteiger partial charge in [-0.25, -0.2) is 4.98 Å². The van der Waals surface area contributed by atoms with E-state index in [2.05, 4.69) is 69.9 Å². The molecule has 0 spiro atoms. The number of halogens is 1. The van der Waals surface area contributed by atoms with Crippen LogP contribution in [0.4, 0.5) is 0 Å². The van der Waals surface area contributed by atoms with Crippen molar-refractivity contribution >= 4 is 22.6 Å². The van der Waals surface area contributed by atoms with Crippen molar-refractivity contribution in [3.63, 3.8) is 0 Å². The van der Waals surface area contributed by atoms with Crippen LogP contribution >= 0.6 is 22.6 Å². The molecule has 3 nitrogen and oxygen atoms in total. The van der Waals surface area contributed by atoms with Crippen LogP contribution in [-0.4, -0.2) is 16.5 Å². The van der Waals surface area contributed by atoms with E-state index in [1.807, 2.05) is 12.3 Å². The van der Waals surface area contributed by atoms with Crippen molar-refractivity contribution in [1.82, 2.24) is 15.3 Å². The van der Waals surface area contributed by atoms with Gasteiger partial charge in [-0.15, -0.1) is 0 Å². The number of aromatic amines is 1. The molecule has 0 amide bonds. The number of H-pyrrole nitrogens is 1. The van der Waals surface area contributed by atoms with E-state index in [0.717, 1.165) is 23.6 Å². The first kappa shape index (κ1) is 12.6. The summed E-state index contributed by atoms with van der Waals surface area (Å²) in [7, 11) is 0. The van der Waals surface area contributed by atoms with Gasteiger partial charge in [0.05, 0.1) is 11.9 Å². The molecule has 1 aromatic carbocycles. The fraction of sp³-hybridized carbons (Fsp3) is 0.308. The molecule has 1 unspecified atom stereocenters. The third-order valence-electron chi connectivity index (χ3n) is 2.67. The Hall–Kier alpha value is -0.880. The van der Waals surface area contributed by atoms with Gasteiger partial charge in [-0.05, 0) is 48.2 Å². The predicted molar refractivity (Wildman–Crippen MR) is 78.8 cm³/mol. The van der Waals surface area contributed by atoms with Crippen molar-refractivity contribution in [2.45, 2.75) is 19.9 Å². The number of aromatic nitrogens is 2. The molecular weight excluding hydrogens is 325 g/mol. The highest BCUT2D eigenvalue weighted by Gasteiger charge is 2.08. The van der Waals surface area contributed by atoms with Crippen LogP contribution < -0.4 is 5.32 Å². The lowest BCUT2D eigenvalue weighted by Gasteiger charge is -2.08. The average Bonchev–Trinajstić information content (AvgIpc) is 2.78. The number of rotatable bonds is 4. The zero-order valence-corrected chi connectivity index (χ0v) is 12.2. The van der Waals surface area contributed by atoms with Crippen LogP contribution in [0.1, 0.15) is 25.6 Å². The molecule has 1 heterocycles. The van der Waals surface area contributed by atoms with E-state index in [0.29, 0.717) is 6.04 Å². The fourth-order valence-electron chi connectivity index (χ4n) is 1.75. The maximum absolute atomic E-state index is 4.43. The number of imidazole rings is 1. The molecule has 0 saturated heterocycles. The number of benzene rings is 1. The number of nitrogens with zero attached hydrogens (tertiary/aromatic N) is 1. The van der Waals surface area contributed by atoms with Gasteiger partial charge in [-0.2, -0.15) is 0 Å².